The van der Waals surface area contributed by atoms with Crippen LogP contribution >= 0.6 is 11.6 Å². The first-order chi connectivity index (χ1) is 13.3. The molecule has 0 aliphatic heterocycles. The van der Waals surface area contributed by atoms with Crippen molar-refractivity contribution in [3.05, 3.63) is 69.0 Å². The van der Waals surface area contributed by atoms with Gasteiger partial charge in [-0.25, -0.2) is 9.18 Å². The van der Waals surface area contributed by atoms with Crippen LogP contribution in [0.4, 0.5) is 15.8 Å². The third-order valence-corrected chi connectivity index (χ3v) is 3.82. The highest BCUT2D eigenvalue weighted by molar-refractivity contribution is 6.31. The van der Waals surface area contributed by atoms with E-state index in [1.807, 2.05) is 6.07 Å². The molecule has 0 spiro atoms. The van der Waals surface area contributed by atoms with Gasteiger partial charge in [-0.2, -0.15) is 5.26 Å². The normalized spacial score (nSPS) is 10.0. The zero-order chi connectivity index (χ0) is 20.7. The van der Waals surface area contributed by atoms with Gasteiger partial charge >= 0.3 is 5.97 Å². The number of ether oxygens (including phenoxy) is 1. The molecule has 0 fully saturated rings. The summed E-state index contributed by atoms with van der Waals surface area (Å²) in [6.45, 7) is -0.735. The molecule has 0 radical (unpaired) electrons. The highest BCUT2D eigenvalue weighted by Gasteiger charge is 2.24. The summed E-state index contributed by atoms with van der Waals surface area (Å²) in [5, 5.41) is 19.9. The number of carbonyl (C=O) groups is 2. The van der Waals surface area contributed by atoms with E-state index < -0.39 is 40.5 Å². The van der Waals surface area contributed by atoms with Crippen molar-refractivity contribution in [1.29, 1.82) is 5.26 Å². The van der Waals surface area contributed by atoms with Crippen molar-refractivity contribution in [3.63, 3.8) is 0 Å². The molecule has 28 heavy (non-hydrogen) atoms. The fourth-order valence-corrected chi connectivity index (χ4v) is 2.47. The maximum atomic E-state index is 13.1. The van der Waals surface area contributed by atoms with Gasteiger partial charge in [0.2, 0.25) is 0 Å². The predicted molar refractivity (Wildman–Crippen MR) is 97.4 cm³/mol. The molecule has 1 amide bonds. The smallest absolute Gasteiger partial charge is 0.345 e. The number of anilines is 1. The molecule has 0 unspecified atom stereocenters. The molecule has 8 nitrogen and oxygen atoms in total. The Hall–Kier alpha value is -3.51. The second kappa shape index (κ2) is 9.43. The molecule has 0 N–H and O–H groups in total. The summed E-state index contributed by atoms with van der Waals surface area (Å²) in [7, 11) is 0. The van der Waals surface area contributed by atoms with Gasteiger partial charge in [0.05, 0.1) is 17.4 Å². The van der Waals surface area contributed by atoms with Gasteiger partial charge in [0.15, 0.2) is 6.61 Å². The Bertz CT molecular complexity index is 943. The van der Waals surface area contributed by atoms with E-state index in [1.54, 1.807) is 0 Å². The molecule has 2 rings (SSSR count). The molecule has 0 saturated heterocycles. The highest BCUT2D eigenvalue weighted by atomic mass is 35.5. The van der Waals surface area contributed by atoms with Crippen LogP contribution in [0.5, 0.6) is 0 Å². The van der Waals surface area contributed by atoms with Crippen molar-refractivity contribution in [1.82, 2.24) is 0 Å². The topological polar surface area (TPSA) is 114 Å². The Morgan fingerprint density at radius 2 is 1.93 bits per heavy atom. The lowest BCUT2D eigenvalue weighted by atomic mass is 10.2. The molecule has 0 saturated carbocycles. The molecular weight excluding hydrogens is 393 g/mol. The van der Waals surface area contributed by atoms with Gasteiger partial charge < -0.3 is 9.64 Å². The SMILES string of the molecule is N#CCCN(C(=O)COC(=O)c1cc(Cl)ccc1[N+](=O)[O-])c1ccc(F)cc1. The van der Waals surface area contributed by atoms with Gasteiger partial charge in [0, 0.05) is 23.3 Å². The molecule has 10 heteroatoms. The number of nitro benzene ring substituents is 1. The average molecular weight is 406 g/mol. The lowest BCUT2D eigenvalue weighted by Crippen LogP contribution is -2.35. The van der Waals surface area contributed by atoms with Crippen LogP contribution in [-0.4, -0.2) is 30.0 Å². The molecule has 0 atom stereocenters. The van der Waals surface area contributed by atoms with Gasteiger partial charge in [0.25, 0.3) is 11.6 Å². The van der Waals surface area contributed by atoms with Crippen LogP contribution in [0, 0.1) is 27.3 Å². The number of hydrogen-bond donors (Lipinski definition) is 0. The maximum Gasteiger partial charge on any atom is 0.345 e. The van der Waals surface area contributed by atoms with Crippen LogP contribution < -0.4 is 4.90 Å². The second-order valence-corrected chi connectivity index (χ2v) is 5.86. The number of carbonyl (C=O) groups excluding carboxylic acids is 2. The number of esters is 1. The quantitative estimate of drug-likeness (QED) is 0.395. The number of benzene rings is 2. The lowest BCUT2D eigenvalue weighted by Gasteiger charge is -2.21. The zero-order valence-electron chi connectivity index (χ0n) is 14.3. The summed E-state index contributed by atoms with van der Waals surface area (Å²) in [6.07, 6.45) is -0.00315. The fourth-order valence-electron chi connectivity index (χ4n) is 2.29. The van der Waals surface area contributed by atoms with Gasteiger partial charge in [0.1, 0.15) is 11.4 Å². The average Bonchev–Trinajstić information content (AvgIpc) is 2.67. The van der Waals surface area contributed by atoms with Crippen molar-refractivity contribution >= 4 is 34.9 Å². The standard InChI is InChI=1S/C18H13ClFN3O5/c19-12-2-7-16(23(26)27)15(10-12)18(25)28-11-17(24)22(9-1-8-21)14-5-3-13(20)4-6-14/h2-7,10H,1,9,11H2. The van der Waals surface area contributed by atoms with Crippen LogP contribution in [0.3, 0.4) is 0 Å². The number of amides is 1. The minimum absolute atomic E-state index is 0.00315. The Morgan fingerprint density at radius 1 is 1.25 bits per heavy atom. The fraction of sp³-hybridized carbons (Fsp3) is 0.167. The van der Waals surface area contributed by atoms with Crippen LogP contribution in [0.1, 0.15) is 16.8 Å². The molecule has 0 aromatic heterocycles. The van der Waals surface area contributed by atoms with Crippen molar-refractivity contribution in [3.8, 4) is 6.07 Å². The molecule has 0 aliphatic rings. The number of nitriles is 1. The molecule has 0 bridgehead atoms. The third-order valence-electron chi connectivity index (χ3n) is 3.59. The molecule has 2 aromatic rings. The van der Waals surface area contributed by atoms with E-state index in [0.717, 1.165) is 29.2 Å². The van der Waals surface area contributed by atoms with E-state index in [2.05, 4.69) is 0 Å². The van der Waals surface area contributed by atoms with Crippen molar-refractivity contribution in [2.24, 2.45) is 0 Å². The minimum Gasteiger partial charge on any atom is -0.452 e. The first kappa shape index (κ1) is 20.8. The molecule has 0 aliphatic carbocycles. The molecule has 2 aromatic carbocycles. The lowest BCUT2D eigenvalue weighted by molar-refractivity contribution is -0.385. The summed E-state index contributed by atoms with van der Waals surface area (Å²) in [5.74, 6) is -2.28. The number of nitro groups is 1. The van der Waals surface area contributed by atoms with Gasteiger partial charge in [-0.05, 0) is 36.4 Å². The third kappa shape index (κ3) is 5.25. The maximum absolute atomic E-state index is 13.1. The van der Waals surface area contributed by atoms with Crippen LogP contribution in [0.2, 0.25) is 5.02 Å². The summed E-state index contributed by atoms with van der Waals surface area (Å²) < 4.78 is 18.0. The highest BCUT2D eigenvalue weighted by Crippen LogP contribution is 2.23. The number of rotatable bonds is 7. The Labute approximate surface area is 163 Å². The largest absolute Gasteiger partial charge is 0.452 e. The van der Waals surface area contributed by atoms with E-state index in [1.165, 1.54) is 18.2 Å². The predicted octanol–water partition coefficient (Wildman–Crippen LogP) is 3.49. The summed E-state index contributed by atoms with van der Waals surface area (Å²) in [4.78, 5) is 36.0. The number of halogens is 2. The number of hydrogen-bond acceptors (Lipinski definition) is 6. The Kier molecular flexibility index (Phi) is 7.01. The summed E-state index contributed by atoms with van der Waals surface area (Å²) >= 11 is 5.76. The monoisotopic (exact) mass is 405 g/mol. The van der Waals surface area contributed by atoms with Crippen LogP contribution in [0.25, 0.3) is 0 Å². The van der Waals surface area contributed by atoms with E-state index in [0.29, 0.717) is 5.69 Å². The van der Waals surface area contributed by atoms with Gasteiger partial charge in [-0.1, -0.05) is 11.6 Å². The van der Waals surface area contributed by atoms with Crippen molar-refractivity contribution in [2.45, 2.75) is 6.42 Å². The molecule has 144 valence electrons. The second-order valence-electron chi connectivity index (χ2n) is 5.42. The minimum atomic E-state index is -1.10. The molecular formula is C18H13ClFN3O5. The summed E-state index contributed by atoms with van der Waals surface area (Å²) in [5.41, 5.74) is -0.594. The summed E-state index contributed by atoms with van der Waals surface area (Å²) in [6, 6.07) is 10.2. The van der Waals surface area contributed by atoms with Crippen molar-refractivity contribution < 1.29 is 23.6 Å². The van der Waals surface area contributed by atoms with Gasteiger partial charge in [-0.15, -0.1) is 0 Å². The van der Waals surface area contributed by atoms with Crippen LogP contribution in [0.15, 0.2) is 42.5 Å². The van der Waals surface area contributed by atoms with Crippen molar-refractivity contribution in [2.75, 3.05) is 18.1 Å². The van der Waals surface area contributed by atoms with Crippen LogP contribution in [-0.2, 0) is 9.53 Å². The first-order valence-electron chi connectivity index (χ1n) is 7.87. The van der Waals surface area contributed by atoms with E-state index in [9.17, 15) is 24.1 Å². The van der Waals surface area contributed by atoms with E-state index in [4.69, 9.17) is 21.6 Å². The number of nitrogens with zero attached hydrogens (tertiary/aromatic N) is 3. The zero-order valence-corrected chi connectivity index (χ0v) is 15.1. The Balaban J connectivity index is 2.15. The Morgan fingerprint density at radius 3 is 2.54 bits per heavy atom. The molecule has 0 heterocycles. The van der Waals surface area contributed by atoms with E-state index in [-0.39, 0.29) is 18.0 Å². The first-order valence-corrected chi connectivity index (χ1v) is 8.25. The van der Waals surface area contributed by atoms with Gasteiger partial charge in [-0.3, -0.25) is 14.9 Å². The van der Waals surface area contributed by atoms with E-state index >= 15 is 0 Å².